The van der Waals surface area contributed by atoms with Gasteiger partial charge in [0.05, 0.1) is 11.8 Å². The Morgan fingerprint density at radius 1 is 1.32 bits per heavy atom. The standard InChI is InChI=1S/C15H11ClFN3O2/c1-7-12-8(4-5-21)9(2-3-10(12)14(22)19-7)13-11(17)6-18-15(16)20-13/h2-3,6,21H,4-5H2,1H3. The Kier molecular flexibility index (Phi) is 3.72. The van der Waals surface area contributed by atoms with Crippen LogP contribution >= 0.6 is 11.6 Å². The molecule has 1 amide bonds. The highest BCUT2D eigenvalue weighted by atomic mass is 35.5. The molecule has 7 heteroatoms. The van der Waals surface area contributed by atoms with Crippen LogP contribution in [0, 0.1) is 5.82 Å². The van der Waals surface area contributed by atoms with Gasteiger partial charge in [0.2, 0.25) is 5.28 Å². The van der Waals surface area contributed by atoms with Crippen molar-refractivity contribution in [1.29, 1.82) is 0 Å². The van der Waals surface area contributed by atoms with Crippen molar-refractivity contribution in [2.45, 2.75) is 13.3 Å². The summed E-state index contributed by atoms with van der Waals surface area (Å²) in [4.78, 5) is 23.3. The summed E-state index contributed by atoms with van der Waals surface area (Å²) in [7, 11) is 0. The van der Waals surface area contributed by atoms with E-state index in [1.165, 1.54) is 0 Å². The van der Waals surface area contributed by atoms with Crippen LogP contribution in [-0.2, 0) is 6.42 Å². The lowest BCUT2D eigenvalue weighted by molar-refractivity contribution is 0.101. The van der Waals surface area contributed by atoms with E-state index in [-0.39, 0.29) is 29.9 Å². The second-order valence-corrected chi connectivity index (χ2v) is 5.16. The summed E-state index contributed by atoms with van der Waals surface area (Å²) >= 11 is 5.75. The Labute approximate surface area is 130 Å². The van der Waals surface area contributed by atoms with Gasteiger partial charge in [0.25, 0.3) is 5.91 Å². The summed E-state index contributed by atoms with van der Waals surface area (Å²) < 4.78 is 14.1. The molecule has 22 heavy (non-hydrogen) atoms. The molecular formula is C15H11ClFN3O2. The van der Waals surface area contributed by atoms with E-state index in [0.717, 1.165) is 6.20 Å². The highest BCUT2D eigenvalue weighted by Crippen LogP contribution is 2.33. The molecule has 1 aromatic carbocycles. The molecule has 5 nitrogen and oxygen atoms in total. The van der Waals surface area contributed by atoms with Crippen molar-refractivity contribution in [2.24, 2.45) is 4.99 Å². The Morgan fingerprint density at radius 2 is 2.05 bits per heavy atom. The van der Waals surface area contributed by atoms with Crippen molar-refractivity contribution in [2.75, 3.05) is 6.61 Å². The van der Waals surface area contributed by atoms with E-state index in [9.17, 15) is 14.3 Å². The number of carbonyl (C=O) groups is 1. The van der Waals surface area contributed by atoms with Gasteiger partial charge in [0.15, 0.2) is 5.82 Å². The fourth-order valence-electron chi connectivity index (χ4n) is 2.64. The van der Waals surface area contributed by atoms with E-state index >= 15 is 0 Å². The zero-order chi connectivity index (χ0) is 15.9. The predicted octanol–water partition coefficient (Wildman–Crippen LogP) is 2.43. The second-order valence-electron chi connectivity index (χ2n) is 4.83. The molecule has 0 saturated heterocycles. The summed E-state index contributed by atoms with van der Waals surface area (Å²) in [5.74, 6) is -0.957. The van der Waals surface area contributed by atoms with E-state index in [2.05, 4.69) is 15.0 Å². The van der Waals surface area contributed by atoms with E-state index in [1.54, 1.807) is 19.1 Å². The minimum atomic E-state index is -0.623. The third-order valence-electron chi connectivity index (χ3n) is 3.51. The quantitative estimate of drug-likeness (QED) is 0.882. The monoisotopic (exact) mass is 319 g/mol. The van der Waals surface area contributed by atoms with Crippen LogP contribution in [0.3, 0.4) is 0 Å². The minimum Gasteiger partial charge on any atom is -0.396 e. The van der Waals surface area contributed by atoms with Crippen LogP contribution in [0.4, 0.5) is 4.39 Å². The van der Waals surface area contributed by atoms with Gasteiger partial charge in [0, 0.05) is 23.4 Å². The number of benzene rings is 1. The Hall–Kier alpha value is -2.18. The molecule has 112 valence electrons. The average molecular weight is 320 g/mol. The number of fused-ring (bicyclic) bond motifs is 1. The molecule has 2 heterocycles. The lowest BCUT2D eigenvalue weighted by Crippen LogP contribution is -2.07. The first-order chi connectivity index (χ1) is 10.5. The number of aliphatic hydroxyl groups excluding tert-OH is 1. The van der Waals surface area contributed by atoms with E-state index in [4.69, 9.17) is 11.6 Å². The van der Waals surface area contributed by atoms with E-state index in [0.29, 0.717) is 28.0 Å². The molecule has 0 unspecified atom stereocenters. The van der Waals surface area contributed by atoms with Crippen LogP contribution in [0.2, 0.25) is 5.28 Å². The topological polar surface area (TPSA) is 75.4 Å². The van der Waals surface area contributed by atoms with E-state index in [1.807, 2.05) is 0 Å². The fourth-order valence-corrected chi connectivity index (χ4v) is 2.77. The first-order valence-electron chi connectivity index (χ1n) is 6.58. The third-order valence-corrected chi connectivity index (χ3v) is 3.69. The fraction of sp³-hybridized carbons (Fsp3) is 0.200. The molecule has 0 saturated carbocycles. The minimum absolute atomic E-state index is 0.0402. The Bertz CT molecular complexity index is 821. The number of aliphatic hydroxyl groups is 1. The van der Waals surface area contributed by atoms with Gasteiger partial charge in [-0.25, -0.2) is 19.4 Å². The number of nitrogens with zero attached hydrogens (tertiary/aromatic N) is 3. The molecule has 0 atom stereocenters. The van der Waals surface area contributed by atoms with Crippen LogP contribution in [0.25, 0.3) is 11.3 Å². The number of rotatable bonds is 3. The summed E-state index contributed by atoms with van der Waals surface area (Å²) in [6.07, 6.45) is 1.24. The molecule has 3 rings (SSSR count). The van der Waals surface area contributed by atoms with Crippen molar-refractivity contribution in [1.82, 2.24) is 9.97 Å². The molecule has 0 bridgehead atoms. The van der Waals surface area contributed by atoms with E-state index < -0.39 is 5.82 Å². The number of carbonyl (C=O) groups excluding carboxylic acids is 1. The van der Waals surface area contributed by atoms with Gasteiger partial charge in [0.1, 0.15) is 5.69 Å². The maximum Gasteiger partial charge on any atom is 0.277 e. The van der Waals surface area contributed by atoms with Crippen LogP contribution in [0.15, 0.2) is 23.3 Å². The molecular weight excluding hydrogens is 309 g/mol. The van der Waals surface area contributed by atoms with Gasteiger partial charge < -0.3 is 5.11 Å². The summed E-state index contributed by atoms with van der Waals surface area (Å²) in [5, 5.41) is 9.25. The lowest BCUT2D eigenvalue weighted by Gasteiger charge is -2.14. The number of hydrogen-bond donors (Lipinski definition) is 1. The molecule has 2 aromatic rings. The normalized spacial score (nSPS) is 13.3. The van der Waals surface area contributed by atoms with Crippen molar-refractivity contribution >= 4 is 23.2 Å². The molecule has 1 N–H and O–H groups in total. The Morgan fingerprint density at radius 3 is 2.77 bits per heavy atom. The molecule has 0 aliphatic carbocycles. The van der Waals surface area contributed by atoms with Gasteiger partial charge in [-0.2, -0.15) is 0 Å². The zero-order valence-electron chi connectivity index (χ0n) is 11.6. The second kappa shape index (κ2) is 5.55. The highest BCUT2D eigenvalue weighted by molar-refractivity contribution is 6.28. The third kappa shape index (κ3) is 2.30. The zero-order valence-corrected chi connectivity index (χ0v) is 12.4. The van der Waals surface area contributed by atoms with Gasteiger partial charge >= 0.3 is 0 Å². The molecule has 1 aliphatic rings. The number of aromatic nitrogens is 2. The van der Waals surface area contributed by atoms with Crippen molar-refractivity contribution in [3.05, 3.63) is 46.1 Å². The SMILES string of the molecule is CC1=NC(=O)c2ccc(-c3nc(Cl)ncc3F)c(CCO)c21. The summed E-state index contributed by atoms with van der Waals surface area (Å²) in [5.41, 5.74) is 2.76. The van der Waals surface area contributed by atoms with Crippen molar-refractivity contribution in [3.63, 3.8) is 0 Å². The molecule has 0 fully saturated rings. The number of aliphatic imine (C=N–C) groups is 1. The van der Waals surface area contributed by atoms with Crippen molar-refractivity contribution < 1.29 is 14.3 Å². The van der Waals surface area contributed by atoms with Gasteiger partial charge in [-0.3, -0.25) is 4.79 Å². The van der Waals surface area contributed by atoms with Crippen molar-refractivity contribution in [3.8, 4) is 11.3 Å². The van der Waals surface area contributed by atoms with Gasteiger partial charge in [-0.1, -0.05) is 6.07 Å². The largest absolute Gasteiger partial charge is 0.396 e. The van der Waals surface area contributed by atoms with Crippen LogP contribution in [0.1, 0.15) is 28.4 Å². The molecule has 0 radical (unpaired) electrons. The number of hydrogen-bond acceptors (Lipinski definition) is 4. The van der Waals surface area contributed by atoms with Gasteiger partial charge in [-0.05, 0) is 36.6 Å². The highest BCUT2D eigenvalue weighted by Gasteiger charge is 2.26. The molecule has 1 aliphatic heterocycles. The van der Waals surface area contributed by atoms with Crippen LogP contribution < -0.4 is 0 Å². The van der Waals surface area contributed by atoms with Gasteiger partial charge in [-0.15, -0.1) is 0 Å². The maximum atomic E-state index is 14.1. The van der Waals surface area contributed by atoms with Crippen LogP contribution in [-0.4, -0.2) is 33.3 Å². The van der Waals surface area contributed by atoms with Crippen LogP contribution in [0.5, 0.6) is 0 Å². The first-order valence-corrected chi connectivity index (χ1v) is 6.96. The predicted molar refractivity (Wildman–Crippen MR) is 79.8 cm³/mol. The molecule has 0 spiro atoms. The number of halogens is 2. The average Bonchev–Trinajstić information content (AvgIpc) is 2.78. The lowest BCUT2D eigenvalue weighted by atomic mass is 9.91. The summed E-state index contributed by atoms with van der Waals surface area (Å²) in [6, 6.07) is 3.18. The summed E-state index contributed by atoms with van der Waals surface area (Å²) in [6.45, 7) is 1.56. The molecule has 1 aromatic heterocycles. The number of amides is 1. The maximum absolute atomic E-state index is 14.1. The first kappa shape index (κ1) is 14.7. The smallest absolute Gasteiger partial charge is 0.277 e. The Balaban J connectivity index is 2.30.